The molecule has 0 aliphatic carbocycles. The van der Waals surface area contributed by atoms with Crippen molar-refractivity contribution in [3.63, 3.8) is 0 Å². The molecule has 0 N–H and O–H groups in total. The van der Waals surface area contributed by atoms with Crippen molar-refractivity contribution >= 4 is 115 Å². The number of fused-ring (bicyclic) bond motifs is 1. The number of benzene rings is 2. The second kappa shape index (κ2) is 6.93. The molecule has 0 bridgehead atoms. The maximum Gasteiger partial charge on any atom is 0.226 e. The minimum Gasteiger partial charge on any atom is -0.289 e. The van der Waals surface area contributed by atoms with E-state index < -0.39 is 16.8 Å². The SMILES string of the molecule is [O]c1cccc2c(C(Cl)(Cl)C(Cl)(Cl)C(Cl)(Cl)C(Cl)(Cl)Cl)cccc12. The van der Waals surface area contributed by atoms with Crippen LogP contribution in [0.25, 0.3) is 10.8 Å². The van der Waals surface area contributed by atoms with Gasteiger partial charge in [-0.15, -0.1) is 0 Å². The molecule has 1 radical (unpaired) electrons. The summed E-state index contributed by atoms with van der Waals surface area (Å²) in [4.78, 5) is 0. The van der Waals surface area contributed by atoms with E-state index in [4.69, 9.17) is 104 Å². The summed E-state index contributed by atoms with van der Waals surface area (Å²) in [6.45, 7) is 0. The van der Waals surface area contributed by atoms with Gasteiger partial charge in [0, 0.05) is 5.39 Å². The van der Waals surface area contributed by atoms with Gasteiger partial charge in [0.25, 0.3) is 0 Å². The van der Waals surface area contributed by atoms with E-state index in [-0.39, 0.29) is 11.3 Å². The summed E-state index contributed by atoms with van der Waals surface area (Å²) in [7, 11) is 0. The first-order chi connectivity index (χ1) is 10.7. The van der Waals surface area contributed by atoms with Crippen LogP contribution in [-0.2, 0) is 9.44 Å². The van der Waals surface area contributed by atoms with Crippen molar-refractivity contribution in [2.45, 2.75) is 16.8 Å². The number of rotatable bonds is 3. The molecule has 0 saturated heterocycles. The van der Waals surface area contributed by atoms with Crippen LogP contribution in [0.15, 0.2) is 36.4 Å². The number of hydrogen-bond donors (Lipinski definition) is 0. The Hall–Kier alpha value is 1.11. The monoisotopic (exact) mass is 505 g/mol. The molecule has 131 valence electrons. The zero-order valence-electron chi connectivity index (χ0n) is 11.3. The van der Waals surface area contributed by atoms with E-state index in [0.29, 0.717) is 10.8 Å². The summed E-state index contributed by atoms with van der Waals surface area (Å²) < 4.78 is -9.21. The van der Waals surface area contributed by atoms with Gasteiger partial charge in [0.1, 0.15) is 0 Å². The van der Waals surface area contributed by atoms with Crippen LogP contribution in [0.2, 0.25) is 0 Å². The normalized spacial score (nSPS) is 14.2. The average molecular weight is 509 g/mol. The molecule has 0 aliphatic rings. The molecule has 24 heavy (non-hydrogen) atoms. The van der Waals surface area contributed by atoms with Crippen molar-refractivity contribution < 1.29 is 5.11 Å². The Morgan fingerprint density at radius 1 is 0.625 bits per heavy atom. The number of halogens is 9. The van der Waals surface area contributed by atoms with Crippen LogP contribution in [-0.4, -0.2) is 12.5 Å². The molecule has 2 aromatic rings. The van der Waals surface area contributed by atoms with Crippen molar-refractivity contribution in [1.82, 2.24) is 0 Å². The van der Waals surface area contributed by atoms with Gasteiger partial charge in [-0.05, 0) is 17.0 Å². The van der Waals surface area contributed by atoms with Gasteiger partial charge >= 0.3 is 0 Å². The van der Waals surface area contributed by atoms with E-state index in [2.05, 4.69) is 0 Å². The quantitative estimate of drug-likeness (QED) is 0.371. The molecule has 0 amide bonds. The van der Waals surface area contributed by atoms with Crippen LogP contribution < -0.4 is 0 Å². The van der Waals surface area contributed by atoms with Gasteiger partial charge in [0.15, 0.2) is 14.4 Å². The lowest BCUT2D eigenvalue weighted by molar-refractivity contribution is 0.360. The molecule has 0 saturated carbocycles. The zero-order chi connectivity index (χ0) is 18.6. The first-order valence-electron chi connectivity index (χ1n) is 6.14. The summed E-state index contributed by atoms with van der Waals surface area (Å²) in [5.41, 5.74) is 0.186. The molecule has 0 fully saturated rings. The zero-order valence-corrected chi connectivity index (χ0v) is 18.1. The smallest absolute Gasteiger partial charge is 0.226 e. The molecule has 0 heterocycles. The van der Waals surface area contributed by atoms with Gasteiger partial charge in [-0.1, -0.05) is 135 Å². The van der Waals surface area contributed by atoms with Crippen LogP contribution in [0.3, 0.4) is 0 Å². The van der Waals surface area contributed by atoms with Gasteiger partial charge in [-0.3, -0.25) is 5.11 Å². The van der Waals surface area contributed by atoms with E-state index in [0.717, 1.165) is 0 Å². The molecular weight excluding hydrogens is 503 g/mol. The van der Waals surface area contributed by atoms with E-state index in [1.165, 1.54) is 18.2 Å². The topological polar surface area (TPSA) is 19.9 Å². The predicted molar refractivity (Wildman–Crippen MR) is 107 cm³/mol. The molecule has 2 aromatic carbocycles. The second-order valence-corrected chi connectivity index (χ2v) is 11.1. The van der Waals surface area contributed by atoms with Crippen molar-refractivity contribution in [2.75, 3.05) is 0 Å². The van der Waals surface area contributed by atoms with E-state index in [9.17, 15) is 5.11 Å². The maximum atomic E-state index is 12.0. The Kier molecular flexibility index (Phi) is 6.18. The third-order valence-electron chi connectivity index (χ3n) is 3.37. The van der Waals surface area contributed by atoms with Gasteiger partial charge < -0.3 is 0 Å². The van der Waals surface area contributed by atoms with Crippen LogP contribution in [0.4, 0.5) is 0 Å². The van der Waals surface area contributed by atoms with Crippen molar-refractivity contribution in [1.29, 1.82) is 0 Å². The maximum absolute atomic E-state index is 12.0. The molecule has 0 atom stereocenters. The fraction of sp³-hybridized carbons (Fsp3) is 0.286. The largest absolute Gasteiger partial charge is 0.289 e. The lowest BCUT2D eigenvalue weighted by Gasteiger charge is -2.44. The first kappa shape index (κ1) is 21.4. The molecular formula is C14H6Cl9O. The molecule has 0 unspecified atom stereocenters. The Labute approximate surface area is 183 Å². The summed E-state index contributed by atoms with van der Waals surface area (Å²) in [5, 5.41) is 12.8. The van der Waals surface area contributed by atoms with Crippen LogP contribution in [0, 0.1) is 0 Å². The average Bonchev–Trinajstić information content (AvgIpc) is 2.45. The van der Waals surface area contributed by atoms with Crippen LogP contribution in [0.1, 0.15) is 5.56 Å². The van der Waals surface area contributed by atoms with Gasteiger partial charge in [-0.2, -0.15) is 0 Å². The summed E-state index contributed by atoms with van der Waals surface area (Å²) in [6, 6.07) is 9.21. The fourth-order valence-corrected chi connectivity index (χ4v) is 4.39. The lowest BCUT2D eigenvalue weighted by Crippen LogP contribution is -2.54. The lowest BCUT2D eigenvalue weighted by atomic mass is 9.98. The predicted octanol–water partition coefficient (Wildman–Crippen LogP) is 8.33. The highest BCUT2D eigenvalue weighted by Gasteiger charge is 2.68. The second-order valence-electron chi connectivity index (χ2n) is 4.88. The molecule has 0 aromatic heterocycles. The van der Waals surface area contributed by atoms with Crippen LogP contribution >= 0.6 is 104 Å². The Balaban J connectivity index is 2.73. The number of hydrogen-bond acceptors (Lipinski definition) is 0. The van der Waals surface area contributed by atoms with E-state index >= 15 is 0 Å². The molecule has 0 aliphatic heterocycles. The highest BCUT2D eigenvalue weighted by molar-refractivity contribution is 6.80. The van der Waals surface area contributed by atoms with Gasteiger partial charge in [-0.25, -0.2) is 0 Å². The van der Waals surface area contributed by atoms with Gasteiger partial charge in [0.05, 0.1) is 0 Å². The third kappa shape index (κ3) is 3.35. The minimum absolute atomic E-state index is 0.186. The van der Waals surface area contributed by atoms with Crippen LogP contribution in [0.5, 0.6) is 5.75 Å². The molecule has 1 nitrogen and oxygen atoms in total. The minimum atomic E-state index is -2.39. The third-order valence-corrected chi connectivity index (χ3v) is 8.81. The summed E-state index contributed by atoms with van der Waals surface area (Å²) in [6.07, 6.45) is 0. The van der Waals surface area contributed by atoms with Crippen molar-refractivity contribution in [3.05, 3.63) is 42.0 Å². The fourth-order valence-electron chi connectivity index (χ4n) is 2.10. The van der Waals surface area contributed by atoms with E-state index in [1.54, 1.807) is 18.2 Å². The van der Waals surface area contributed by atoms with E-state index in [1.807, 2.05) is 0 Å². The summed E-state index contributed by atoms with van der Waals surface area (Å²) in [5.74, 6) is -0.238. The molecule has 2 rings (SSSR count). The standard InChI is InChI=1S/C14H6Cl9O/c15-11(16,12(17,18)13(19,20)14(21,22)23)9-5-1-4-8-7(9)3-2-6-10(8)24/h1-6H. The Morgan fingerprint density at radius 2 is 1.12 bits per heavy atom. The Bertz CT molecular complexity index is 764. The van der Waals surface area contributed by atoms with Crippen molar-refractivity contribution in [3.8, 4) is 5.75 Å². The highest BCUT2D eigenvalue weighted by Crippen LogP contribution is 2.65. The summed E-state index contributed by atoms with van der Waals surface area (Å²) >= 11 is 55.0. The number of alkyl halides is 9. The Morgan fingerprint density at radius 3 is 1.67 bits per heavy atom. The molecule has 10 heteroatoms. The van der Waals surface area contributed by atoms with Gasteiger partial charge in [0.2, 0.25) is 8.13 Å². The first-order valence-corrected chi connectivity index (χ1v) is 9.54. The molecule has 0 spiro atoms. The highest BCUT2D eigenvalue weighted by atomic mass is 35.6. The van der Waals surface area contributed by atoms with Crippen molar-refractivity contribution in [2.24, 2.45) is 0 Å².